The number of hydrogen-bond acceptors (Lipinski definition) is 0. The smallest absolute Gasteiger partial charge is 0 e. The van der Waals surface area contributed by atoms with Crippen molar-refractivity contribution >= 4 is 15.9 Å². The zero-order valence-corrected chi connectivity index (χ0v) is 11.0. The van der Waals surface area contributed by atoms with Crippen LogP contribution in [0, 0.1) is 0 Å². The molecule has 0 amide bonds. The van der Waals surface area contributed by atoms with Crippen LogP contribution in [0.4, 0.5) is 0 Å². The summed E-state index contributed by atoms with van der Waals surface area (Å²) in [5.74, 6) is 0. The zero-order chi connectivity index (χ0) is 10.2. The summed E-state index contributed by atoms with van der Waals surface area (Å²) >= 11 is 3.42. The zero-order valence-electron chi connectivity index (χ0n) is 8.34. The molecular formula is C13H13BrFe-6. The fourth-order valence-corrected chi connectivity index (χ4v) is 1.52. The van der Waals surface area contributed by atoms with Gasteiger partial charge >= 0.3 is 0 Å². The van der Waals surface area contributed by atoms with Gasteiger partial charge in [0.15, 0.2) is 0 Å². The van der Waals surface area contributed by atoms with Gasteiger partial charge in [-0.3, -0.25) is 0 Å². The summed E-state index contributed by atoms with van der Waals surface area (Å²) in [7, 11) is 0. The van der Waals surface area contributed by atoms with Crippen molar-refractivity contribution in [3.05, 3.63) is 71.2 Å². The van der Waals surface area contributed by atoms with Crippen molar-refractivity contribution in [1.82, 2.24) is 0 Å². The summed E-state index contributed by atoms with van der Waals surface area (Å²) in [6, 6.07) is 16.2. The molecule has 0 unspecified atom stereocenters. The molecule has 0 aliphatic heterocycles. The molecule has 0 heterocycles. The van der Waals surface area contributed by atoms with Crippen LogP contribution < -0.4 is 0 Å². The minimum Gasteiger partial charge on any atom is -0.748 e. The Morgan fingerprint density at radius 1 is 1.27 bits per heavy atom. The maximum atomic E-state index is 3.66. The fourth-order valence-electron chi connectivity index (χ4n) is 1.08. The van der Waals surface area contributed by atoms with Gasteiger partial charge in [-0.25, -0.2) is 6.07 Å². The van der Waals surface area contributed by atoms with Gasteiger partial charge < -0.3 is 30.3 Å². The summed E-state index contributed by atoms with van der Waals surface area (Å²) < 4.78 is 1.18. The maximum Gasteiger partial charge on any atom is 0 e. The first-order valence-corrected chi connectivity index (χ1v) is 5.31. The second-order valence-electron chi connectivity index (χ2n) is 2.85. The molecule has 0 spiro atoms. The summed E-state index contributed by atoms with van der Waals surface area (Å²) in [6.07, 6.45) is 2.85. The third-order valence-electron chi connectivity index (χ3n) is 1.77. The fraction of sp³-hybridized carbons (Fsp3) is 0.0769. The molecule has 0 saturated heterocycles. The summed E-state index contributed by atoms with van der Waals surface area (Å²) in [6.45, 7) is 3.66. The van der Waals surface area contributed by atoms with Gasteiger partial charge in [0, 0.05) is 17.1 Å². The number of rotatable bonds is 2. The minimum absolute atomic E-state index is 0. The van der Waals surface area contributed by atoms with Gasteiger partial charge in [-0.1, -0.05) is 32.9 Å². The number of hydrogen-bond donors (Lipinski definition) is 0. The second-order valence-corrected chi connectivity index (χ2v) is 3.71. The SMILES string of the molecule is C=CC[c-]1cccc1Br.[Fe].[cH-]1[cH-][cH-][cH-][cH-]1. The van der Waals surface area contributed by atoms with Crippen LogP contribution in [0.5, 0.6) is 0 Å². The largest absolute Gasteiger partial charge is 0.748 e. The molecule has 0 bridgehead atoms. The average molecular weight is 305 g/mol. The minimum atomic E-state index is 0. The molecule has 0 atom stereocenters. The predicted octanol–water partition coefficient (Wildman–Crippen LogP) is 4.30. The summed E-state index contributed by atoms with van der Waals surface area (Å²) in [5.41, 5.74) is 1.31. The Labute approximate surface area is 110 Å². The molecule has 2 aromatic carbocycles. The molecule has 0 nitrogen and oxygen atoms in total. The van der Waals surface area contributed by atoms with Crippen LogP contribution in [0.1, 0.15) is 5.56 Å². The first-order valence-electron chi connectivity index (χ1n) is 4.52. The van der Waals surface area contributed by atoms with Crippen molar-refractivity contribution in [2.75, 3.05) is 0 Å². The summed E-state index contributed by atoms with van der Waals surface area (Å²) in [4.78, 5) is 0. The number of allylic oxidation sites excluding steroid dienone is 1. The first-order chi connectivity index (χ1) is 6.84. The average Bonchev–Trinajstić information content (AvgIpc) is 2.81. The third kappa shape index (κ3) is 5.78. The standard InChI is InChI=1S/C8H8Br.C5H5.Fe/c1-2-4-7-5-3-6-8(7)9;1-2-4-5-3-1;/h2-3,5-6H,1,4H2;1-5H;/q-1;-5;. The monoisotopic (exact) mass is 304 g/mol. The van der Waals surface area contributed by atoms with Gasteiger partial charge in [-0.15, -0.1) is 12.1 Å². The molecule has 86 valence electrons. The van der Waals surface area contributed by atoms with Crippen molar-refractivity contribution in [1.29, 1.82) is 0 Å². The molecular weight excluding hydrogens is 292 g/mol. The van der Waals surface area contributed by atoms with E-state index in [-0.39, 0.29) is 17.1 Å². The van der Waals surface area contributed by atoms with Gasteiger partial charge in [0.2, 0.25) is 0 Å². The molecule has 0 aliphatic carbocycles. The molecule has 0 aromatic heterocycles. The van der Waals surface area contributed by atoms with E-state index in [0.29, 0.717) is 0 Å². The van der Waals surface area contributed by atoms with E-state index in [1.165, 1.54) is 10.0 Å². The molecule has 2 aromatic rings. The predicted molar refractivity (Wildman–Crippen MR) is 65.7 cm³/mol. The second kappa shape index (κ2) is 8.72. The van der Waals surface area contributed by atoms with Crippen molar-refractivity contribution in [3.63, 3.8) is 0 Å². The van der Waals surface area contributed by atoms with E-state index >= 15 is 0 Å². The molecule has 0 N–H and O–H groups in total. The van der Waals surface area contributed by atoms with Crippen LogP contribution >= 0.6 is 15.9 Å². The van der Waals surface area contributed by atoms with E-state index in [9.17, 15) is 0 Å². The van der Waals surface area contributed by atoms with Gasteiger partial charge in [0.05, 0.1) is 0 Å². The normalized spacial score (nSPS) is 8.33. The molecule has 0 radical (unpaired) electrons. The molecule has 2 heteroatoms. The van der Waals surface area contributed by atoms with Crippen LogP contribution in [0.3, 0.4) is 0 Å². The van der Waals surface area contributed by atoms with Crippen molar-refractivity contribution in [2.24, 2.45) is 0 Å². The van der Waals surface area contributed by atoms with E-state index < -0.39 is 0 Å². The van der Waals surface area contributed by atoms with Crippen LogP contribution in [0.2, 0.25) is 0 Å². The van der Waals surface area contributed by atoms with Crippen molar-refractivity contribution < 1.29 is 17.1 Å². The van der Waals surface area contributed by atoms with E-state index in [1.807, 2.05) is 48.5 Å². The van der Waals surface area contributed by atoms with E-state index in [2.05, 4.69) is 28.6 Å². The Kier molecular flexibility index (Phi) is 8.40. The van der Waals surface area contributed by atoms with Gasteiger partial charge in [-0.05, 0) is 0 Å². The van der Waals surface area contributed by atoms with Crippen LogP contribution in [0.25, 0.3) is 0 Å². The quantitative estimate of drug-likeness (QED) is 0.441. The number of halogens is 1. The Hall–Kier alpha value is -0.561. The van der Waals surface area contributed by atoms with Gasteiger partial charge in [0.1, 0.15) is 0 Å². The van der Waals surface area contributed by atoms with Crippen LogP contribution in [0.15, 0.2) is 65.7 Å². The molecule has 2 rings (SSSR count). The van der Waals surface area contributed by atoms with Crippen LogP contribution in [-0.2, 0) is 23.5 Å². The van der Waals surface area contributed by atoms with Crippen molar-refractivity contribution in [3.8, 4) is 0 Å². The molecule has 0 aliphatic rings. The maximum absolute atomic E-state index is 3.66. The van der Waals surface area contributed by atoms with E-state index in [4.69, 9.17) is 0 Å². The summed E-state index contributed by atoms with van der Waals surface area (Å²) in [5, 5.41) is 0. The Morgan fingerprint density at radius 3 is 2.13 bits per heavy atom. The third-order valence-corrected chi connectivity index (χ3v) is 2.54. The van der Waals surface area contributed by atoms with Gasteiger partial charge in [-0.2, -0.15) is 12.1 Å². The van der Waals surface area contributed by atoms with Crippen molar-refractivity contribution in [2.45, 2.75) is 6.42 Å². The molecule has 15 heavy (non-hydrogen) atoms. The molecule has 0 fully saturated rings. The Balaban J connectivity index is 0.000000280. The Bertz CT molecular complexity index is 329. The molecule has 0 saturated carbocycles. The van der Waals surface area contributed by atoms with E-state index in [1.54, 1.807) is 0 Å². The Morgan fingerprint density at radius 2 is 1.80 bits per heavy atom. The van der Waals surface area contributed by atoms with Crippen LogP contribution in [-0.4, -0.2) is 0 Å². The van der Waals surface area contributed by atoms with Gasteiger partial charge in [0.25, 0.3) is 0 Å². The topological polar surface area (TPSA) is 0 Å². The van der Waals surface area contributed by atoms with E-state index in [0.717, 1.165) is 6.42 Å². The first kappa shape index (κ1) is 14.4.